The second-order valence-electron chi connectivity index (χ2n) is 4.84. The molecule has 2 aromatic heterocycles. The van der Waals surface area contributed by atoms with Gasteiger partial charge in [-0.1, -0.05) is 11.6 Å². The smallest absolute Gasteiger partial charge is 0.198 e. The minimum absolute atomic E-state index is 0.0832. The van der Waals surface area contributed by atoms with Crippen molar-refractivity contribution in [2.75, 3.05) is 0 Å². The number of hydrogen-bond donors (Lipinski definition) is 2. The summed E-state index contributed by atoms with van der Waals surface area (Å²) in [5, 5.41) is 11.5. The molecule has 4 nitrogen and oxygen atoms in total. The molecule has 2 heterocycles. The summed E-state index contributed by atoms with van der Waals surface area (Å²) >= 11 is 7.60. The van der Waals surface area contributed by atoms with Crippen molar-refractivity contribution in [2.45, 2.75) is 0 Å². The molecule has 4 rings (SSSR count). The molecule has 2 N–H and O–H groups in total. The molecule has 0 aliphatic rings. The van der Waals surface area contributed by atoms with Gasteiger partial charge in [-0.15, -0.1) is 11.3 Å². The SMILES string of the molecule is Oc1[nH]c2ccc(Cl)cc2c1C=Nc1ccc2ncsc2c1. The molecule has 0 aliphatic carbocycles. The Morgan fingerprint density at radius 3 is 3.05 bits per heavy atom. The number of aromatic hydroxyl groups is 1. The van der Waals surface area contributed by atoms with Gasteiger partial charge in [-0.05, 0) is 36.4 Å². The number of nitrogens with one attached hydrogen (secondary N) is 1. The lowest BCUT2D eigenvalue weighted by Crippen LogP contribution is -1.79. The molecule has 0 bridgehead atoms. The van der Waals surface area contributed by atoms with Gasteiger partial charge in [0.2, 0.25) is 0 Å². The van der Waals surface area contributed by atoms with Crippen LogP contribution in [0.2, 0.25) is 5.02 Å². The Morgan fingerprint density at radius 1 is 1.23 bits per heavy atom. The van der Waals surface area contributed by atoms with Crippen LogP contribution in [0.3, 0.4) is 0 Å². The van der Waals surface area contributed by atoms with E-state index < -0.39 is 0 Å². The Labute approximate surface area is 134 Å². The second kappa shape index (κ2) is 5.12. The van der Waals surface area contributed by atoms with E-state index in [0.29, 0.717) is 10.6 Å². The van der Waals surface area contributed by atoms with E-state index in [-0.39, 0.29) is 5.88 Å². The third kappa shape index (κ3) is 2.24. The van der Waals surface area contributed by atoms with Crippen LogP contribution in [0.15, 0.2) is 46.9 Å². The number of H-pyrrole nitrogens is 1. The van der Waals surface area contributed by atoms with Gasteiger partial charge in [0.25, 0.3) is 0 Å². The standard InChI is InChI=1S/C16H10ClN3OS/c17-9-1-3-13-11(5-9)12(16(21)20-13)7-18-10-2-4-14-15(6-10)22-8-19-14/h1-8,20-21H. The molecule has 0 saturated carbocycles. The van der Waals surface area contributed by atoms with Gasteiger partial charge in [-0.3, -0.25) is 4.99 Å². The van der Waals surface area contributed by atoms with E-state index in [1.807, 2.05) is 29.8 Å². The van der Waals surface area contributed by atoms with Crippen molar-refractivity contribution < 1.29 is 5.11 Å². The molecule has 0 radical (unpaired) electrons. The van der Waals surface area contributed by atoms with Crippen molar-refractivity contribution in [3.8, 4) is 5.88 Å². The summed E-state index contributed by atoms with van der Waals surface area (Å²) in [5.74, 6) is 0.0832. The molecule has 6 heteroatoms. The topological polar surface area (TPSA) is 61.3 Å². The van der Waals surface area contributed by atoms with E-state index in [4.69, 9.17) is 11.6 Å². The average molecular weight is 328 g/mol. The maximum absolute atomic E-state index is 10.0. The monoisotopic (exact) mass is 327 g/mol. The lowest BCUT2D eigenvalue weighted by molar-refractivity contribution is 0.457. The number of benzene rings is 2. The number of aliphatic imine (C=N–C) groups is 1. The van der Waals surface area contributed by atoms with Crippen LogP contribution in [-0.2, 0) is 0 Å². The molecular weight excluding hydrogens is 318 g/mol. The van der Waals surface area contributed by atoms with Crippen molar-refractivity contribution in [3.05, 3.63) is 52.5 Å². The van der Waals surface area contributed by atoms with E-state index >= 15 is 0 Å². The van der Waals surface area contributed by atoms with Crippen LogP contribution in [0.5, 0.6) is 5.88 Å². The number of fused-ring (bicyclic) bond motifs is 2. The van der Waals surface area contributed by atoms with E-state index in [1.54, 1.807) is 29.7 Å². The highest BCUT2D eigenvalue weighted by Crippen LogP contribution is 2.29. The molecule has 0 aliphatic heterocycles. The Balaban J connectivity index is 1.78. The fourth-order valence-corrected chi connectivity index (χ4v) is 3.25. The molecule has 0 saturated heterocycles. The average Bonchev–Trinajstić information content (AvgIpc) is 3.08. The first-order valence-corrected chi connectivity index (χ1v) is 7.84. The molecule has 0 amide bonds. The number of aromatic nitrogens is 2. The van der Waals surface area contributed by atoms with Crippen LogP contribution in [-0.4, -0.2) is 21.3 Å². The van der Waals surface area contributed by atoms with Gasteiger partial charge >= 0.3 is 0 Å². The van der Waals surface area contributed by atoms with Gasteiger partial charge in [0.15, 0.2) is 5.88 Å². The van der Waals surface area contributed by atoms with Crippen LogP contribution < -0.4 is 0 Å². The lowest BCUT2D eigenvalue weighted by Gasteiger charge is -1.95. The third-order valence-electron chi connectivity index (χ3n) is 3.44. The minimum Gasteiger partial charge on any atom is -0.494 e. The predicted molar refractivity (Wildman–Crippen MR) is 91.8 cm³/mol. The molecule has 0 spiro atoms. The van der Waals surface area contributed by atoms with E-state index in [9.17, 15) is 5.11 Å². The van der Waals surface area contributed by atoms with E-state index in [0.717, 1.165) is 26.8 Å². The summed E-state index contributed by atoms with van der Waals surface area (Å²) in [4.78, 5) is 11.6. The van der Waals surface area contributed by atoms with Gasteiger partial charge in [0.05, 0.1) is 27.0 Å². The minimum atomic E-state index is 0.0832. The molecule has 2 aromatic carbocycles. The molecule has 0 atom stereocenters. The molecule has 0 fully saturated rings. The van der Waals surface area contributed by atoms with Crippen LogP contribution in [0.1, 0.15) is 5.56 Å². The fourth-order valence-electron chi connectivity index (χ4n) is 2.36. The van der Waals surface area contributed by atoms with Gasteiger partial charge in [0.1, 0.15) is 0 Å². The zero-order chi connectivity index (χ0) is 15.1. The number of hydrogen-bond acceptors (Lipinski definition) is 4. The number of rotatable bonds is 2. The zero-order valence-electron chi connectivity index (χ0n) is 11.2. The Bertz CT molecular complexity index is 1020. The van der Waals surface area contributed by atoms with Crippen molar-refractivity contribution in [2.24, 2.45) is 4.99 Å². The van der Waals surface area contributed by atoms with Crippen molar-refractivity contribution in [1.29, 1.82) is 0 Å². The molecule has 4 aromatic rings. The number of nitrogens with zero attached hydrogens (tertiary/aromatic N) is 2. The first kappa shape index (κ1) is 13.3. The fraction of sp³-hybridized carbons (Fsp3) is 0. The summed E-state index contributed by atoms with van der Waals surface area (Å²) in [6.45, 7) is 0. The second-order valence-corrected chi connectivity index (χ2v) is 6.16. The van der Waals surface area contributed by atoms with Gasteiger partial charge in [0, 0.05) is 22.1 Å². The maximum atomic E-state index is 10.0. The Hall–Kier alpha value is -2.37. The zero-order valence-corrected chi connectivity index (χ0v) is 12.8. The number of thiazole rings is 1. The van der Waals surface area contributed by atoms with Crippen LogP contribution in [0, 0.1) is 0 Å². The van der Waals surface area contributed by atoms with Gasteiger partial charge in [-0.2, -0.15) is 0 Å². The summed E-state index contributed by atoms with van der Waals surface area (Å²) in [6, 6.07) is 11.2. The Kier molecular flexibility index (Phi) is 3.10. The largest absolute Gasteiger partial charge is 0.494 e. The van der Waals surface area contributed by atoms with Crippen molar-refractivity contribution >= 4 is 56.0 Å². The molecule has 0 unspecified atom stereocenters. The summed E-state index contributed by atoms with van der Waals surface area (Å²) in [5.41, 5.74) is 5.03. The van der Waals surface area contributed by atoms with Crippen LogP contribution in [0.4, 0.5) is 5.69 Å². The number of aromatic amines is 1. The van der Waals surface area contributed by atoms with Gasteiger partial charge in [-0.25, -0.2) is 4.98 Å². The van der Waals surface area contributed by atoms with Crippen molar-refractivity contribution in [3.63, 3.8) is 0 Å². The predicted octanol–water partition coefficient (Wildman–Crippen LogP) is 4.89. The van der Waals surface area contributed by atoms with Gasteiger partial charge < -0.3 is 10.1 Å². The normalized spacial score (nSPS) is 11.9. The van der Waals surface area contributed by atoms with E-state index in [1.165, 1.54) is 0 Å². The van der Waals surface area contributed by atoms with Crippen LogP contribution in [0.25, 0.3) is 21.1 Å². The third-order valence-corrected chi connectivity index (χ3v) is 4.46. The highest BCUT2D eigenvalue weighted by molar-refractivity contribution is 7.16. The lowest BCUT2D eigenvalue weighted by atomic mass is 10.2. The maximum Gasteiger partial charge on any atom is 0.198 e. The first-order valence-electron chi connectivity index (χ1n) is 6.58. The summed E-state index contributed by atoms with van der Waals surface area (Å²) in [6.07, 6.45) is 1.65. The first-order chi connectivity index (χ1) is 10.7. The Morgan fingerprint density at radius 2 is 2.14 bits per heavy atom. The van der Waals surface area contributed by atoms with Crippen LogP contribution >= 0.6 is 22.9 Å². The summed E-state index contributed by atoms with van der Waals surface area (Å²) in [7, 11) is 0. The molecular formula is C16H10ClN3OS. The molecule has 108 valence electrons. The highest BCUT2D eigenvalue weighted by atomic mass is 35.5. The summed E-state index contributed by atoms with van der Waals surface area (Å²) < 4.78 is 1.08. The molecule has 22 heavy (non-hydrogen) atoms. The highest BCUT2D eigenvalue weighted by Gasteiger charge is 2.09. The van der Waals surface area contributed by atoms with E-state index in [2.05, 4.69) is 15.0 Å². The number of halogens is 1. The quantitative estimate of drug-likeness (QED) is 0.515. The van der Waals surface area contributed by atoms with Crippen molar-refractivity contribution in [1.82, 2.24) is 9.97 Å².